The minimum Gasteiger partial charge on any atom is -0.394 e. The second-order valence-electron chi connectivity index (χ2n) is 27.9. The third kappa shape index (κ3) is 57.6. The SMILES string of the molecule is CCCCCCCCCC/C=C\CCCCCCCCCCCCCCCCCCCCCCCCCCCC(=O)NC(COC1OC(CO)C(O)C(O)C1O)C(O)/C=C/CC/C=C/CCCCCCCCCCCCCCCCCCCCCCCCC. The van der Waals surface area contributed by atoms with Crippen LogP contribution >= 0.6 is 0 Å². The predicted octanol–water partition coefficient (Wildman–Crippen LogP) is 22.5. The van der Waals surface area contributed by atoms with Crippen LogP contribution in [0.4, 0.5) is 0 Å². The van der Waals surface area contributed by atoms with Gasteiger partial charge in [0.25, 0.3) is 0 Å². The summed E-state index contributed by atoms with van der Waals surface area (Å²) in [5.41, 5.74) is 0. The van der Waals surface area contributed by atoms with E-state index in [1.165, 1.54) is 353 Å². The minimum atomic E-state index is -1.57. The van der Waals surface area contributed by atoms with E-state index in [9.17, 15) is 30.3 Å². The van der Waals surface area contributed by atoms with E-state index in [-0.39, 0.29) is 12.5 Å². The van der Waals surface area contributed by atoms with Crippen molar-refractivity contribution in [3.05, 3.63) is 36.5 Å². The molecule has 0 aromatic heterocycles. The molecule has 0 bridgehead atoms. The van der Waals surface area contributed by atoms with E-state index < -0.39 is 49.5 Å². The number of ether oxygens (including phenoxy) is 2. The summed E-state index contributed by atoms with van der Waals surface area (Å²) >= 11 is 0. The molecule has 1 amide bonds. The molecule has 0 saturated carbocycles. The number of carbonyl (C=O) groups is 1. The molecule has 1 heterocycles. The van der Waals surface area contributed by atoms with E-state index >= 15 is 0 Å². The lowest BCUT2D eigenvalue weighted by atomic mass is 9.99. The molecule has 1 saturated heterocycles. The largest absolute Gasteiger partial charge is 0.394 e. The third-order valence-electron chi connectivity index (χ3n) is 19.2. The van der Waals surface area contributed by atoms with E-state index in [1.54, 1.807) is 6.08 Å². The molecular formula is C80H153NO8. The van der Waals surface area contributed by atoms with E-state index in [4.69, 9.17) is 9.47 Å². The van der Waals surface area contributed by atoms with Crippen LogP contribution in [-0.2, 0) is 14.3 Å². The molecule has 9 nitrogen and oxygen atoms in total. The average molecular weight is 1260 g/mol. The molecule has 6 N–H and O–H groups in total. The van der Waals surface area contributed by atoms with Crippen molar-refractivity contribution in [2.24, 2.45) is 0 Å². The van der Waals surface area contributed by atoms with Gasteiger partial charge in [-0.15, -0.1) is 0 Å². The summed E-state index contributed by atoms with van der Waals surface area (Å²) in [6.45, 7) is 3.83. The fraction of sp³-hybridized carbons (Fsp3) is 0.912. The van der Waals surface area contributed by atoms with Gasteiger partial charge in [-0.2, -0.15) is 0 Å². The van der Waals surface area contributed by atoms with Crippen molar-refractivity contribution in [2.45, 2.75) is 455 Å². The van der Waals surface area contributed by atoms with Crippen molar-refractivity contribution >= 4 is 5.91 Å². The molecule has 0 aromatic rings. The van der Waals surface area contributed by atoms with Gasteiger partial charge < -0.3 is 40.3 Å². The lowest BCUT2D eigenvalue weighted by Gasteiger charge is -2.40. The van der Waals surface area contributed by atoms with Crippen LogP contribution in [0.5, 0.6) is 0 Å². The first-order valence-electron chi connectivity index (χ1n) is 39.7. The standard InChI is InChI=1S/C80H153NO8/c1-3-5-7-9-11-13-15-17-19-21-23-25-27-29-31-33-34-35-36-37-38-39-40-42-44-46-48-50-52-54-56-58-60-62-64-66-68-70-76(84)81-73(72-88-80-79(87)78(86)77(85)75(71-82)89-80)74(83)69-67-65-63-61-59-57-55-53-51-49-47-45-43-41-32-30-28-26-24-22-20-18-16-14-12-10-8-6-4-2/h21,23,59,61,67,69,73-75,77-80,82-83,85-87H,3-20,22,24-58,60,62-66,68,70-72H2,1-2H3,(H,81,84)/b23-21-,61-59+,69-67+. The summed E-state index contributed by atoms with van der Waals surface area (Å²) in [6, 6.07) is -0.822. The number of hydrogen-bond acceptors (Lipinski definition) is 8. The summed E-state index contributed by atoms with van der Waals surface area (Å²) in [4.78, 5) is 13.2. The monoisotopic (exact) mass is 1260 g/mol. The molecule has 1 aliphatic rings. The van der Waals surface area contributed by atoms with Crippen LogP contribution in [0.3, 0.4) is 0 Å². The number of rotatable bonds is 71. The van der Waals surface area contributed by atoms with Crippen molar-refractivity contribution in [3.8, 4) is 0 Å². The number of allylic oxidation sites excluding steroid dienone is 5. The Morgan fingerprint density at radius 3 is 0.944 bits per heavy atom. The molecule has 7 unspecified atom stereocenters. The number of carbonyl (C=O) groups excluding carboxylic acids is 1. The summed E-state index contributed by atoms with van der Waals surface area (Å²) in [7, 11) is 0. The fourth-order valence-electron chi connectivity index (χ4n) is 13.0. The summed E-state index contributed by atoms with van der Waals surface area (Å²) in [6.07, 6.45) is 87.3. The van der Waals surface area contributed by atoms with Crippen molar-refractivity contribution < 1.29 is 39.8 Å². The number of hydrogen-bond donors (Lipinski definition) is 6. The van der Waals surface area contributed by atoms with Gasteiger partial charge in [0.05, 0.1) is 25.4 Å². The van der Waals surface area contributed by atoms with E-state index in [1.807, 2.05) is 6.08 Å². The molecule has 9 heteroatoms. The zero-order valence-electron chi connectivity index (χ0n) is 59.2. The van der Waals surface area contributed by atoms with E-state index in [2.05, 4.69) is 43.5 Å². The number of aliphatic hydroxyl groups excluding tert-OH is 5. The Morgan fingerprint density at radius 2 is 0.640 bits per heavy atom. The van der Waals surface area contributed by atoms with Crippen LogP contribution in [0.25, 0.3) is 0 Å². The molecule has 0 aliphatic carbocycles. The van der Waals surface area contributed by atoms with Crippen molar-refractivity contribution in [2.75, 3.05) is 13.2 Å². The second kappa shape index (κ2) is 69.2. The molecule has 1 rings (SSSR count). The Hall–Kier alpha value is -1.59. The van der Waals surface area contributed by atoms with Crippen LogP contribution in [0.15, 0.2) is 36.5 Å². The second-order valence-corrected chi connectivity index (χ2v) is 27.9. The highest BCUT2D eigenvalue weighted by Crippen LogP contribution is 2.24. The molecule has 1 fully saturated rings. The van der Waals surface area contributed by atoms with Gasteiger partial charge in [0.15, 0.2) is 6.29 Å². The number of amides is 1. The van der Waals surface area contributed by atoms with Gasteiger partial charge in [-0.3, -0.25) is 4.79 Å². The maximum atomic E-state index is 13.2. The number of nitrogens with one attached hydrogen (secondary N) is 1. The Kier molecular flexibility index (Phi) is 66.5. The highest BCUT2D eigenvalue weighted by Gasteiger charge is 2.44. The molecule has 89 heavy (non-hydrogen) atoms. The lowest BCUT2D eigenvalue weighted by molar-refractivity contribution is -0.302. The third-order valence-corrected chi connectivity index (χ3v) is 19.2. The summed E-state index contributed by atoms with van der Waals surface area (Å²) in [5, 5.41) is 54.9. The van der Waals surface area contributed by atoms with Gasteiger partial charge in [0.1, 0.15) is 24.4 Å². The van der Waals surface area contributed by atoms with Gasteiger partial charge in [-0.25, -0.2) is 0 Å². The smallest absolute Gasteiger partial charge is 0.220 e. The van der Waals surface area contributed by atoms with Gasteiger partial charge in [-0.05, 0) is 57.8 Å². The van der Waals surface area contributed by atoms with Crippen LogP contribution in [-0.4, -0.2) is 87.5 Å². The first-order chi connectivity index (χ1) is 43.8. The zero-order chi connectivity index (χ0) is 64.2. The highest BCUT2D eigenvalue weighted by atomic mass is 16.7. The van der Waals surface area contributed by atoms with Crippen LogP contribution in [0, 0.1) is 0 Å². The van der Waals surface area contributed by atoms with Crippen molar-refractivity contribution in [3.63, 3.8) is 0 Å². The van der Waals surface area contributed by atoms with E-state index in [0.717, 1.165) is 38.5 Å². The fourth-order valence-corrected chi connectivity index (χ4v) is 13.0. The normalized spacial score (nSPS) is 17.9. The Balaban J connectivity index is 2.07. The molecule has 0 radical (unpaired) electrons. The van der Waals surface area contributed by atoms with Crippen LogP contribution in [0.1, 0.15) is 412 Å². The van der Waals surface area contributed by atoms with Gasteiger partial charge in [0, 0.05) is 6.42 Å². The minimum absolute atomic E-state index is 0.177. The van der Waals surface area contributed by atoms with Gasteiger partial charge >= 0.3 is 0 Å². The Bertz CT molecular complexity index is 1500. The van der Waals surface area contributed by atoms with E-state index in [0.29, 0.717) is 6.42 Å². The van der Waals surface area contributed by atoms with Crippen LogP contribution in [0.2, 0.25) is 0 Å². The molecule has 1 aliphatic heterocycles. The Labute approximate surface area is 552 Å². The average Bonchev–Trinajstić information content (AvgIpc) is 2.28. The van der Waals surface area contributed by atoms with Crippen molar-refractivity contribution in [1.29, 1.82) is 0 Å². The van der Waals surface area contributed by atoms with Crippen LogP contribution < -0.4 is 5.32 Å². The first-order valence-corrected chi connectivity index (χ1v) is 39.7. The predicted molar refractivity (Wildman–Crippen MR) is 383 cm³/mol. The zero-order valence-corrected chi connectivity index (χ0v) is 59.2. The maximum absolute atomic E-state index is 13.2. The Morgan fingerprint density at radius 1 is 0.371 bits per heavy atom. The topological polar surface area (TPSA) is 149 Å². The van der Waals surface area contributed by atoms with Crippen molar-refractivity contribution in [1.82, 2.24) is 5.32 Å². The summed E-state index contributed by atoms with van der Waals surface area (Å²) in [5.74, 6) is -0.177. The molecule has 0 aromatic carbocycles. The highest BCUT2D eigenvalue weighted by molar-refractivity contribution is 5.76. The number of unbranched alkanes of at least 4 members (excludes halogenated alkanes) is 57. The first kappa shape index (κ1) is 85.4. The molecule has 526 valence electrons. The lowest BCUT2D eigenvalue weighted by Crippen LogP contribution is -2.60. The summed E-state index contributed by atoms with van der Waals surface area (Å²) < 4.78 is 11.3. The van der Waals surface area contributed by atoms with Gasteiger partial charge in [-0.1, -0.05) is 384 Å². The quantitative estimate of drug-likeness (QED) is 0.0261. The molecule has 7 atom stereocenters. The maximum Gasteiger partial charge on any atom is 0.220 e. The number of aliphatic hydroxyl groups is 5. The molecular weight excluding hydrogens is 1100 g/mol. The van der Waals surface area contributed by atoms with Gasteiger partial charge in [0.2, 0.25) is 5.91 Å². The molecule has 0 spiro atoms.